The molecule has 2 nitrogen and oxygen atoms in total. The highest BCUT2D eigenvalue weighted by molar-refractivity contribution is 5.96. The van der Waals surface area contributed by atoms with Gasteiger partial charge in [-0.15, -0.1) is 0 Å². The van der Waals surface area contributed by atoms with Gasteiger partial charge in [-0.25, -0.2) is 0 Å². The smallest absolute Gasteiger partial charge is 0.0839 e. The van der Waals surface area contributed by atoms with E-state index in [0.717, 1.165) is 0 Å². The molecule has 0 spiro atoms. The lowest BCUT2D eigenvalue weighted by molar-refractivity contribution is 0.318. The molecule has 0 atom stereocenters. The first kappa shape index (κ1) is 5.09. The second-order valence-corrected chi connectivity index (χ2v) is 1.51. The molecule has 0 amide bonds. The van der Waals surface area contributed by atoms with Gasteiger partial charge in [-0.05, 0) is 12.2 Å². The van der Waals surface area contributed by atoms with Crippen LogP contribution in [0, 0.1) is 6.08 Å². The van der Waals surface area contributed by atoms with Crippen molar-refractivity contribution in [2.24, 2.45) is 5.16 Å². The molecule has 0 aromatic heterocycles. The molecule has 41 valence electrons. The lowest BCUT2D eigenvalue weighted by Gasteiger charge is -1.93. The number of oxime groups is 1. The zero-order valence-corrected chi connectivity index (χ0v) is 4.33. The van der Waals surface area contributed by atoms with Gasteiger partial charge in [0, 0.05) is 6.42 Å². The zero-order valence-electron chi connectivity index (χ0n) is 4.33. The molecule has 0 heterocycles. The molecule has 0 saturated carbocycles. The van der Waals surface area contributed by atoms with Crippen LogP contribution < -0.4 is 0 Å². The quantitative estimate of drug-likeness (QED) is 0.366. The third kappa shape index (κ3) is 0.964. The molecule has 1 radical (unpaired) electrons. The maximum absolute atomic E-state index is 8.17. The summed E-state index contributed by atoms with van der Waals surface area (Å²) in [5, 5.41) is 11.2. The fourth-order valence-corrected chi connectivity index (χ4v) is 0.521. The minimum Gasteiger partial charge on any atom is -0.411 e. The summed E-state index contributed by atoms with van der Waals surface area (Å²) in [6, 6.07) is 0. The number of allylic oxidation sites excluding steroid dienone is 4. The van der Waals surface area contributed by atoms with Crippen molar-refractivity contribution >= 4 is 5.71 Å². The van der Waals surface area contributed by atoms with Crippen molar-refractivity contribution in [1.29, 1.82) is 0 Å². The summed E-state index contributed by atoms with van der Waals surface area (Å²) in [6.07, 6.45) is 8.84. The van der Waals surface area contributed by atoms with E-state index in [1.54, 1.807) is 12.2 Å². The maximum Gasteiger partial charge on any atom is 0.0839 e. The fraction of sp³-hybridized carbons (Fsp3) is 0.167. The standard InChI is InChI=1S/C6H6NO/c8-7-6-4-2-1-3-5-6/h1-2,5,8H,4H2. The van der Waals surface area contributed by atoms with Gasteiger partial charge in [-0.2, -0.15) is 0 Å². The summed E-state index contributed by atoms with van der Waals surface area (Å²) in [4.78, 5) is 0. The SMILES string of the molecule is ON=C1C=[C]C=CC1. The average molecular weight is 108 g/mol. The van der Waals surface area contributed by atoms with Crippen LogP contribution in [0.4, 0.5) is 0 Å². The van der Waals surface area contributed by atoms with Crippen LogP contribution >= 0.6 is 0 Å². The van der Waals surface area contributed by atoms with Crippen molar-refractivity contribution in [2.45, 2.75) is 6.42 Å². The van der Waals surface area contributed by atoms with Crippen molar-refractivity contribution in [3.8, 4) is 0 Å². The zero-order chi connectivity index (χ0) is 5.82. The molecular weight excluding hydrogens is 102 g/mol. The minimum absolute atomic E-state index is 0.660. The second-order valence-electron chi connectivity index (χ2n) is 1.51. The number of hydrogen-bond acceptors (Lipinski definition) is 2. The highest BCUT2D eigenvalue weighted by Crippen LogP contribution is 1.96. The van der Waals surface area contributed by atoms with Crippen LogP contribution in [-0.2, 0) is 0 Å². The van der Waals surface area contributed by atoms with Crippen molar-refractivity contribution in [1.82, 2.24) is 0 Å². The van der Waals surface area contributed by atoms with Gasteiger partial charge in [0.25, 0.3) is 0 Å². The predicted molar refractivity (Wildman–Crippen MR) is 30.8 cm³/mol. The van der Waals surface area contributed by atoms with E-state index in [1.807, 2.05) is 6.08 Å². The third-order valence-corrected chi connectivity index (χ3v) is 0.919. The summed E-state index contributed by atoms with van der Waals surface area (Å²) in [5.41, 5.74) is 0.660. The van der Waals surface area contributed by atoms with Gasteiger partial charge >= 0.3 is 0 Å². The van der Waals surface area contributed by atoms with Gasteiger partial charge in [-0.3, -0.25) is 0 Å². The normalized spacial score (nSPS) is 22.2. The minimum atomic E-state index is 0.660. The molecule has 0 aromatic carbocycles. The topological polar surface area (TPSA) is 32.6 Å². The van der Waals surface area contributed by atoms with E-state index in [-0.39, 0.29) is 0 Å². The summed E-state index contributed by atoms with van der Waals surface area (Å²) in [5.74, 6) is 0. The molecule has 0 unspecified atom stereocenters. The van der Waals surface area contributed by atoms with Crippen molar-refractivity contribution in [3.63, 3.8) is 0 Å². The second kappa shape index (κ2) is 2.31. The lowest BCUT2D eigenvalue weighted by atomic mass is 10.2. The molecule has 0 saturated heterocycles. The van der Waals surface area contributed by atoms with Crippen LogP contribution in [0.15, 0.2) is 23.4 Å². The Labute approximate surface area is 47.8 Å². The van der Waals surface area contributed by atoms with E-state index in [2.05, 4.69) is 11.2 Å². The van der Waals surface area contributed by atoms with Gasteiger partial charge in [-0.1, -0.05) is 17.3 Å². The highest BCUT2D eigenvalue weighted by atomic mass is 16.4. The third-order valence-electron chi connectivity index (χ3n) is 0.919. The Hall–Kier alpha value is -1.05. The molecule has 8 heavy (non-hydrogen) atoms. The van der Waals surface area contributed by atoms with Crippen molar-refractivity contribution < 1.29 is 5.21 Å². The van der Waals surface area contributed by atoms with Crippen LogP contribution in [0.1, 0.15) is 6.42 Å². The number of rotatable bonds is 0. The number of nitrogens with zero attached hydrogens (tertiary/aromatic N) is 1. The fourth-order valence-electron chi connectivity index (χ4n) is 0.521. The maximum atomic E-state index is 8.17. The van der Waals surface area contributed by atoms with Gasteiger partial charge in [0.2, 0.25) is 0 Å². The van der Waals surface area contributed by atoms with Gasteiger partial charge in [0.15, 0.2) is 0 Å². The highest BCUT2D eigenvalue weighted by Gasteiger charge is 1.92. The Morgan fingerprint density at radius 3 is 3.00 bits per heavy atom. The largest absolute Gasteiger partial charge is 0.411 e. The first-order valence-corrected chi connectivity index (χ1v) is 2.38. The van der Waals surface area contributed by atoms with Gasteiger partial charge < -0.3 is 5.21 Å². The summed E-state index contributed by atoms with van der Waals surface area (Å²) in [6.45, 7) is 0. The molecule has 1 aliphatic carbocycles. The van der Waals surface area contributed by atoms with Crippen molar-refractivity contribution in [3.05, 3.63) is 24.3 Å². The molecule has 1 aliphatic rings. The Kier molecular flexibility index (Phi) is 1.47. The van der Waals surface area contributed by atoms with E-state index in [1.165, 1.54) is 0 Å². The van der Waals surface area contributed by atoms with Crippen LogP contribution in [0.2, 0.25) is 0 Å². The predicted octanol–water partition coefficient (Wildman–Crippen LogP) is 1.14. The van der Waals surface area contributed by atoms with Gasteiger partial charge in [0.1, 0.15) is 0 Å². The van der Waals surface area contributed by atoms with Crippen LogP contribution in [-0.4, -0.2) is 10.9 Å². The Bertz CT molecular complexity index is 156. The number of hydrogen-bond donors (Lipinski definition) is 1. The molecule has 1 rings (SSSR count). The van der Waals surface area contributed by atoms with Crippen molar-refractivity contribution in [2.75, 3.05) is 0 Å². The first-order valence-electron chi connectivity index (χ1n) is 2.38. The molecule has 2 heteroatoms. The molecular formula is C6H6NO. The molecule has 0 aliphatic heterocycles. The van der Waals surface area contributed by atoms with Crippen LogP contribution in [0.3, 0.4) is 0 Å². The van der Waals surface area contributed by atoms with Crippen LogP contribution in [0.5, 0.6) is 0 Å². The average Bonchev–Trinajstić information content (AvgIpc) is 1.90. The Morgan fingerprint density at radius 2 is 2.62 bits per heavy atom. The molecule has 0 aromatic rings. The van der Waals surface area contributed by atoms with E-state index in [4.69, 9.17) is 5.21 Å². The molecule has 0 bridgehead atoms. The monoisotopic (exact) mass is 108 g/mol. The van der Waals surface area contributed by atoms with Crippen LogP contribution in [0.25, 0.3) is 0 Å². The van der Waals surface area contributed by atoms with E-state index < -0.39 is 0 Å². The summed E-state index contributed by atoms with van der Waals surface area (Å²) >= 11 is 0. The van der Waals surface area contributed by atoms with Gasteiger partial charge in [0.05, 0.1) is 5.71 Å². The first-order chi connectivity index (χ1) is 3.93. The summed E-state index contributed by atoms with van der Waals surface area (Å²) < 4.78 is 0. The summed E-state index contributed by atoms with van der Waals surface area (Å²) in [7, 11) is 0. The van der Waals surface area contributed by atoms with E-state index >= 15 is 0 Å². The van der Waals surface area contributed by atoms with E-state index in [9.17, 15) is 0 Å². The van der Waals surface area contributed by atoms with E-state index in [0.29, 0.717) is 12.1 Å². The molecule has 0 fully saturated rings. The molecule has 1 N–H and O–H groups in total. The Morgan fingerprint density at radius 1 is 1.75 bits per heavy atom. The Balaban J connectivity index is 2.66. The lowest BCUT2D eigenvalue weighted by Crippen LogP contribution is -1.92.